The second-order valence-electron chi connectivity index (χ2n) is 4.14. The molecular weight excluding hydrogens is 300 g/mol. The molecule has 8 heteroatoms. The fraction of sp³-hybridized carbons (Fsp3) is 0.0769. The van der Waals surface area contributed by atoms with E-state index in [2.05, 4.69) is 5.10 Å². The van der Waals surface area contributed by atoms with Gasteiger partial charge < -0.3 is 10.2 Å². The maximum absolute atomic E-state index is 11.9. The predicted octanol–water partition coefficient (Wildman–Crippen LogP) is 1.59. The molecule has 0 aliphatic carbocycles. The van der Waals surface area contributed by atoms with Crippen molar-refractivity contribution in [3.05, 3.63) is 56.5 Å². The Labute approximate surface area is 123 Å². The van der Waals surface area contributed by atoms with Gasteiger partial charge in [0.05, 0.1) is 11.4 Å². The molecule has 2 rings (SSSR count). The van der Waals surface area contributed by atoms with Crippen LogP contribution in [-0.4, -0.2) is 31.9 Å². The normalized spacial score (nSPS) is 10.4. The molecule has 2 aromatic rings. The molecule has 108 valence electrons. The van der Waals surface area contributed by atoms with Gasteiger partial charge in [-0.1, -0.05) is 11.6 Å². The van der Waals surface area contributed by atoms with Gasteiger partial charge in [-0.3, -0.25) is 4.79 Å². The van der Waals surface area contributed by atoms with E-state index in [4.69, 9.17) is 21.8 Å². The van der Waals surface area contributed by atoms with Crippen LogP contribution in [0.5, 0.6) is 0 Å². The molecule has 0 saturated heterocycles. The lowest BCUT2D eigenvalue weighted by Crippen LogP contribution is -2.29. The van der Waals surface area contributed by atoms with Crippen molar-refractivity contribution < 1.29 is 19.8 Å². The largest absolute Gasteiger partial charge is 0.477 e. The highest BCUT2D eigenvalue weighted by Crippen LogP contribution is 2.15. The topological polar surface area (TPSA) is 109 Å². The summed E-state index contributed by atoms with van der Waals surface area (Å²) < 4.78 is 1.09. The summed E-state index contributed by atoms with van der Waals surface area (Å²) in [6, 6.07) is 6.14. The summed E-state index contributed by atoms with van der Waals surface area (Å²) in [6.45, 7) is 1.37. The maximum atomic E-state index is 11.9. The van der Waals surface area contributed by atoms with E-state index in [0.29, 0.717) is 10.7 Å². The Kier molecular flexibility index (Phi) is 3.77. The molecule has 0 aliphatic heterocycles. The number of nitrogens with zero attached hydrogens (tertiary/aromatic N) is 2. The number of hydrogen-bond acceptors (Lipinski definition) is 4. The van der Waals surface area contributed by atoms with Crippen LogP contribution in [0.15, 0.2) is 29.1 Å². The SMILES string of the molecule is Cc1c(C(=O)O)c(=O)c(C(=O)O)nn1-c1ccc(Cl)cc1. The van der Waals surface area contributed by atoms with Gasteiger partial charge in [-0.15, -0.1) is 0 Å². The van der Waals surface area contributed by atoms with Gasteiger partial charge in [-0.05, 0) is 31.2 Å². The Hall–Kier alpha value is -2.67. The lowest BCUT2D eigenvalue weighted by atomic mass is 10.1. The smallest absolute Gasteiger partial charge is 0.360 e. The second-order valence-corrected chi connectivity index (χ2v) is 4.57. The van der Waals surface area contributed by atoms with Crippen LogP contribution in [0.1, 0.15) is 26.5 Å². The van der Waals surface area contributed by atoms with Gasteiger partial charge in [0.2, 0.25) is 11.1 Å². The number of benzene rings is 1. The highest BCUT2D eigenvalue weighted by Gasteiger charge is 2.23. The van der Waals surface area contributed by atoms with E-state index in [-0.39, 0.29) is 5.69 Å². The first-order chi connectivity index (χ1) is 9.82. The van der Waals surface area contributed by atoms with Crippen molar-refractivity contribution in [3.8, 4) is 5.69 Å². The molecule has 0 bridgehead atoms. The summed E-state index contributed by atoms with van der Waals surface area (Å²) in [5.41, 5.74) is -2.19. The molecule has 0 saturated carbocycles. The zero-order chi connectivity index (χ0) is 15.7. The van der Waals surface area contributed by atoms with E-state index in [0.717, 1.165) is 4.68 Å². The molecule has 2 N–H and O–H groups in total. The highest BCUT2D eigenvalue weighted by atomic mass is 35.5. The first kappa shape index (κ1) is 14.7. The minimum atomic E-state index is -1.59. The first-order valence-corrected chi connectivity index (χ1v) is 6.07. The van der Waals surface area contributed by atoms with Gasteiger partial charge in [-0.25, -0.2) is 14.3 Å². The summed E-state index contributed by atoms with van der Waals surface area (Å²) in [5, 5.41) is 22.3. The molecule has 1 heterocycles. The zero-order valence-corrected chi connectivity index (χ0v) is 11.5. The van der Waals surface area contributed by atoms with Crippen molar-refractivity contribution in [3.63, 3.8) is 0 Å². The predicted molar refractivity (Wildman–Crippen MR) is 73.5 cm³/mol. The molecule has 21 heavy (non-hydrogen) atoms. The van der Waals surface area contributed by atoms with Gasteiger partial charge in [0.1, 0.15) is 5.56 Å². The van der Waals surface area contributed by atoms with Gasteiger partial charge >= 0.3 is 11.9 Å². The number of carboxylic acid groups (broad SMARTS) is 2. The number of hydrogen-bond donors (Lipinski definition) is 2. The molecule has 0 fully saturated rings. The third kappa shape index (κ3) is 2.63. The van der Waals surface area contributed by atoms with Gasteiger partial charge in [0, 0.05) is 5.02 Å². The Morgan fingerprint density at radius 2 is 1.71 bits per heavy atom. The molecule has 7 nitrogen and oxygen atoms in total. The maximum Gasteiger partial charge on any atom is 0.360 e. The standard InChI is InChI=1S/C13H9ClN2O5/c1-6-9(12(18)19)11(17)10(13(20)21)15-16(6)8-4-2-7(14)3-5-8/h2-5H,1H3,(H,18,19)(H,20,21). The van der Waals surface area contributed by atoms with Crippen LogP contribution in [0.2, 0.25) is 5.02 Å². The Bertz CT molecular complexity index is 795. The molecule has 1 aromatic heterocycles. The van der Waals surface area contributed by atoms with Crippen molar-refractivity contribution in [2.75, 3.05) is 0 Å². The molecule has 0 aliphatic rings. The fourth-order valence-corrected chi connectivity index (χ4v) is 1.96. The third-order valence-electron chi connectivity index (χ3n) is 2.81. The van der Waals surface area contributed by atoms with Gasteiger partial charge in [-0.2, -0.15) is 5.10 Å². The van der Waals surface area contributed by atoms with E-state index in [1.54, 1.807) is 0 Å². The van der Waals surface area contributed by atoms with Crippen molar-refractivity contribution in [1.82, 2.24) is 9.78 Å². The number of carbonyl (C=O) groups is 2. The second kappa shape index (κ2) is 5.37. The number of rotatable bonds is 3. The summed E-state index contributed by atoms with van der Waals surface area (Å²) in [4.78, 5) is 34.1. The van der Waals surface area contributed by atoms with Crippen molar-refractivity contribution in [2.24, 2.45) is 0 Å². The quantitative estimate of drug-likeness (QED) is 0.891. The van der Waals surface area contributed by atoms with Gasteiger partial charge in [0.25, 0.3) is 0 Å². The molecule has 0 spiro atoms. The van der Waals surface area contributed by atoms with Crippen molar-refractivity contribution >= 4 is 23.5 Å². The van der Waals surface area contributed by atoms with Crippen LogP contribution >= 0.6 is 11.6 Å². The van der Waals surface area contributed by atoms with E-state index in [1.807, 2.05) is 0 Å². The molecule has 0 atom stereocenters. The van der Waals surface area contributed by atoms with E-state index >= 15 is 0 Å². The summed E-state index contributed by atoms with van der Waals surface area (Å²) in [6.07, 6.45) is 0. The molecule has 0 radical (unpaired) electrons. The Balaban J connectivity index is 2.83. The van der Waals surface area contributed by atoms with Crippen LogP contribution in [0, 0.1) is 6.92 Å². The first-order valence-electron chi connectivity index (χ1n) is 5.69. The van der Waals surface area contributed by atoms with E-state index in [1.165, 1.54) is 31.2 Å². The number of aromatic carboxylic acids is 2. The van der Waals surface area contributed by atoms with Crippen LogP contribution in [0.4, 0.5) is 0 Å². The molecular formula is C13H9ClN2O5. The minimum absolute atomic E-state index is 0.0276. The number of aromatic nitrogens is 2. The van der Waals surface area contributed by atoms with E-state index in [9.17, 15) is 14.4 Å². The lowest BCUT2D eigenvalue weighted by molar-refractivity contribution is 0.0685. The number of carboxylic acids is 2. The van der Waals surface area contributed by atoms with Crippen LogP contribution in [0.3, 0.4) is 0 Å². The summed E-state index contributed by atoms with van der Waals surface area (Å²) in [5.74, 6) is -3.10. The highest BCUT2D eigenvalue weighted by molar-refractivity contribution is 6.30. The zero-order valence-electron chi connectivity index (χ0n) is 10.7. The lowest BCUT2D eigenvalue weighted by Gasteiger charge is -2.12. The molecule has 0 unspecified atom stereocenters. The monoisotopic (exact) mass is 308 g/mol. The van der Waals surface area contributed by atoms with Crippen LogP contribution < -0.4 is 5.43 Å². The average molecular weight is 309 g/mol. The minimum Gasteiger partial charge on any atom is -0.477 e. The van der Waals surface area contributed by atoms with Gasteiger partial charge in [0.15, 0.2) is 0 Å². The molecule has 1 aromatic carbocycles. The third-order valence-corrected chi connectivity index (χ3v) is 3.06. The van der Waals surface area contributed by atoms with E-state index < -0.39 is 28.6 Å². The van der Waals surface area contributed by atoms with Crippen LogP contribution in [-0.2, 0) is 0 Å². The van der Waals surface area contributed by atoms with Crippen LogP contribution in [0.25, 0.3) is 5.69 Å². The average Bonchev–Trinajstić information content (AvgIpc) is 2.39. The van der Waals surface area contributed by atoms with Crippen molar-refractivity contribution in [2.45, 2.75) is 6.92 Å². The van der Waals surface area contributed by atoms with Crippen molar-refractivity contribution in [1.29, 1.82) is 0 Å². The fourth-order valence-electron chi connectivity index (χ4n) is 1.83. The number of halogens is 1. The Morgan fingerprint density at radius 1 is 1.14 bits per heavy atom. The Morgan fingerprint density at radius 3 is 2.19 bits per heavy atom. The summed E-state index contributed by atoms with van der Waals surface area (Å²) in [7, 11) is 0. The molecule has 0 amide bonds. The summed E-state index contributed by atoms with van der Waals surface area (Å²) >= 11 is 5.76.